The van der Waals surface area contributed by atoms with Crippen molar-refractivity contribution in [1.82, 2.24) is 5.32 Å². The van der Waals surface area contributed by atoms with Crippen molar-refractivity contribution in [3.8, 4) is 17.2 Å². The molecular weight excluding hydrogens is 390 g/mol. The highest BCUT2D eigenvalue weighted by Gasteiger charge is 2.22. The number of carbonyl (C=O) groups excluding carboxylic acids is 1. The molecule has 2 aromatic rings. The first-order chi connectivity index (χ1) is 15.0. The van der Waals surface area contributed by atoms with Crippen LogP contribution < -0.4 is 19.5 Å². The second-order valence-electron chi connectivity index (χ2n) is 7.95. The third kappa shape index (κ3) is 5.93. The van der Waals surface area contributed by atoms with Crippen LogP contribution in [0.5, 0.6) is 17.2 Å². The van der Waals surface area contributed by atoms with Crippen molar-refractivity contribution in [3.05, 3.63) is 53.1 Å². The highest BCUT2D eigenvalue weighted by Crippen LogP contribution is 2.31. The molecule has 0 aromatic heterocycles. The summed E-state index contributed by atoms with van der Waals surface area (Å²) in [5.74, 6) is 2.07. The minimum atomic E-state index is -0.529. The van der Waals surface area contributed by atoms with Gasteiger partial charge in [-0.25, -0.2) is 0 Å². The van der Waals surface area contributed by atoms with Gasteiger partial charge < -0.3 is 19.5 Å². The normalized spacial score (nSPS) is 14.8. The van der Waals surface area contributed by atoms with Crippen LogP contribution in [-0.2, 0) is 17.6 Å². The van der Waals surface area contributed by atoms with Crippen LogP contribution in [0.1, 0.15) is 69.7 Å². The Balaban J connectivity index is 1.66. The summed E-state index contributed by atoms with van der Waals surface area (Å²) in [5.41, 5.74) is 3.72. The largest absolute Gasteiger partial charge is 0.490 e. The van der Waals surface area contributed by atoms with Gasteiger partial charge in [-0.05, 0) is 93.8 Å². The van der Waals surface area contributed by atoms with Gasteiger partial charge in [-0.2, -0.15) is 0 Å². The van der Waals surface area contributed by atoms with Crippen molar-refractivity contribution in [2.24, 2.45) is 0 Å². The molecule has 168 valence electrons. The Morgan fingerprint density at radius 2 is 1.65 bits per heavy atom. The molecule has 31 heavy (non-hydrogen) atoms. The maximum Gasteiger partial charge on any atom is 0.261 e. The zero-order chi connectivity index (χ0) is 22.2. The van der Waals surface area contributed by atoms with Gasteiger partial charge >= 0.3 is 0 Å². The molecule has 0 radical (unpaired) electrons. The molecule has 0 fully saturated rings. The molecule has 0 saturated heterocycles. The third-order valence-electron chi connectivity index (χ3n) is 5.69. The first kappa shape index (κ1) is 23.0. The summed E-state index contributed by atoms with van der Waals surface area (Å²) in [7, 11) is 0. The Morgan fingerprint density at radius 3 is 2.35 bits per heavy atom. The third-order valence-corrected chi connectivity index (χ3v) is 5.69. The van der Waals surface area contributed by atoms with Gasteiger partial charge in [0.25, 0.3) is 5.91 Å². The number of hydrogen-bond acceptors (Lipinski definition) is 4. The van der Waals surface area contributed by atoms with Crippen LogP contribution in [0.15, 0.2) is 36.4 Å². The molecule has 0 unspecified atom stereocenters. The summed E-state index contributed by atoms with van der Waals surface area (Å²) in [5, 5.41) is 3.09. The lowest BCUT2D eigenvalue weighted by Crippen LogP contribution is -2.39. The molecule has 0 bridgehead atoms. The molecule has 2 aromatic carbocycles. The van der Waals surface area contributed by atoms with Gasteiger partial charge in [0.15, 0.2) is 17.6 Å². The van der Waals surface area contributed by atoms with Gasteiger partial charge in [-0.3, -0.25) is 4.79 Å². The standard InChI is InChI=1S/C26H35NO4/c1-5-23(31-22-14-12-19-10-8-9-11-21(19)16-22)26(28)27-18(4)20-13-15-24(29-6-2)25(17-20)30-7-3/h12-18,23H,5-11H2,1-4H3,(H,27,28)/t18-,23+/m1/s1. The Bertz CT molecular complexity index is 880. The lowest BCUT2D eigenvalue weighted by atomic mass is 9.92. The van der Waals surface area contributed by atoms with Crippen LogP contribution in [0.2, 0.25) is 0 Å². The van der Waals surface area contributed by atoms with E-state index in [1.807, 2.05) is 52.0 Å². The molecule has 1 amide bonds. The molecule has 0 saturated carbocycles. The summed E-state index contributed by atoms with van der Waals surface area (Å²) >= 11 is 0. The Hall–Kier alpha value is -2.69. The van der Waals surface area contributed by atoms with E-state index in [2.05, 4.69) is 17.4 Å². The van der Waals surface area contributed by atoms with Gasteiger partial charge in [0.05, 0.1) is 19.3 Å². The number of fused-ring (bicyclic) bond motifs is 1. The zero-order valence-corrected chi connectivity index (χ0v) is 19.2. The van der Waals surface area contributed by atoms with Crippen LogP contribution in [0.3, 0.4) is 0 Å². The smallest absolute Gasteiger partial charge is 0.261 e. The van der Waals surface area contributed by atoms with Crippen LogP contribution in [0, 0.1) is 0 Å². The maximum absolute atomic E-state index is 12.9. The number of amides is 1. The molecule has 3 rings (SSSR count). The van der Waals surface area contributed by atoms with Crippen LogP contribution in [-0.4, -0.2) is 25.2 Å². The maximum atomic E-state index is 12.9. The van der Waals surface area contributed by atoms with E-state index in [4.69, 9.17) is 14.2 Å². The summed E-state index contributed by atoms with van der Waals surface area (Å²) in [6.45, 7) is 8.95. The molecule has 1 N–H and O–H groups in total. The van der Waals surface area contributed by atoms with Gasteiger partial charge in [0.2, 0.25) is 0 Å². The number of nitrogens with one attached hydrogen (secondary N) is 1. The number of ether oxygens (including phenoxy) is 3. The Morgan fingerprint density at radius 1 is 0.935 bits per heavy atom. The van der Waals surface area contributed by atoms with Gasteiger partial charge in [0.1, 0.15) is 5.75 Å². The lowest BCUT2D eigenvalue weighted by molar-refractivity contribution is -0.128. The monoisotopic (exact) mass is 425 g/mol. The second kappa shape index (κ2) is 11.1. The number of aryl methyl sites for hydroxylation is 2. The molecule has 5 heteroatoms. The van der Waals surface area contributed by atoms with E-state index in [-0.39, 0.29) is 11.9 Å². The van der Waals surface area contributed by atoms with Crippen LogP contribution >= 0.6 is 0 Å². The topological polar surface area (TPSA) is 56.8 Å². The fourth-order valence-corrected chi connectivity index (χ4v) is 4.00. The SMILES string of the molecule is CCOc1ccc([C@@H](C)NC(=O)[C@H](CC)Oc2ccc3c(c2)CCCC3)cc1OCC. The number of carbonyl (C=O) groups is 1. The van der Waals surface area contributed by atoms with Crippen LogP contribution in [0.4, 0.5) is 0 Å². The highest BCUT2D eigenvalue weighted by atomic mass is 16.5. The van der Waals surface area contributed by atoms with E-state index in [1.54, 1.807) is 0 Å². The number of hydrogen-bond donors (Lipinski definition) is 1. The average molecular weight is 426 g/mol. The number of benzene rings is 2. The minimum Gasteiger partial charge on any atom is -0.490 e. The van der Waals surface area contributed by atoms with Gasteiger partial charge in [0, 0.05) is 0 Å². The summed E-state index contributed by atoms with van der Waals surface area (Å²) in [6.07, 6.45) is 4.77. The number of rotatable bonds is 10. The van der Waals surface area contributed by atoms with Crippen molar-refractivity contribution >= 4 is 5.91 Å². The fraction of sp³-hybridized carbons (Fsp3) is 0.500. The predicted molar refractivity (Wildman–Crippen MR) is 123 cm³/mol. The highest BCUT2D eigenvalue weighted by molar-refractivity contribution is 5.81. The summed E-state index contributed by atoms with van der Waals surface area (Å²) in [4.78, 5) is 12.9. The molecule has 1 aliphatic rings. The van der Waals surface area contributed by atoms with E-state index in [9.17, 15) is 4.79 Å². The van der Waals surface area contributed by atoms with E-state index >= 15 is 0 Å². The predicted octanol–water partition coefficient (Wildman–Crippen LogP) is 5.40. The van der Waals surface area contributed by atoms with Crippen molar-refractivity contribution in [3.63, 3.8) is 0 Å². The zero-order valence-electron chi connectivity index (χ0n) is 19.2. The molecule has 2 atom stereocenters. The molecule has 5 nitrogen and oxygen atoms in total. The van der Waals surface area contributed by atoms with Gasteiger partial charge in [-0.15, -0.1) is 0 Å². The molecule has 0 heterocycles. The van der Waals surface area contributed by atoms with E-state index in [1.165, 1.54) is 24.0 Å². The van der Waals surface area contributed by atoms with Crippen molar-refractivity contribution in [2.75, 3.05) is 13.2 Å². The lowest BCUT2D eigenvalue weighted by Gasteiger charge is -2.23. The van der Waals surface area contributed by atoms with Gasteiger partial charge in [-0.1, -0.05) is 19.1 Å². The quantitative estimate of drug-likeness (QED) is 0.554. The first-order valence-corrected chi connectivity index (χ1v) is 11.5. The summed E-state index contributed by atoms with van der Waals surface area (Å²) in [6, 6.07) is 11.9. The Kier molecular flexibility index (Phi) is 8.21. The molecule has 0 aliphatic heterocycles. The molecule has 1 aliphatic carbocycles. The fourth-order valence-electron chi connectivity index (χ4n) is 4.00. The Labute approximate surface area is 186 Å². The average Bonchev–Trinajstić information content (AvgIpc) is 2.78. The first-order valence-electron chi connectivity index (χ1n) is 11.5. The molecule has 0 spiro atoms. The summed E-state index contributed by atoms with van der Waals surface area (Å²) < 4.78 is 17.4. The van der Waals surface area contributed by atoms with E-state index in [0.29, 0.717) is 31.1 Å². The molecular formula is C26H35NO4. The van der Waals surface area contributed by atoms with Crippen molar-refractivity contribution in [1.29, 1.82) is 0 Å². The van der Waals surface area contributed by atoms with E-state index in [0.717, 1.165) is 24.2 Å². The van der Waals surface area contributed by atoms with Crippen LogP contribution in [0.25, 0.3) is 0 Å². The van der Waals surface area contributed by atoms with Crippen molar-refractivity contribution in [2.45, 2.75) is 71.9 Å². The second-order valence-corrected chi connectivity index (χ2v) is 7.95. The van der Waals surface area contributed by atoms with E-state index < -0.39 is 6.10 Å². The minimum absolute atomic E-state index is 0.112. The van der Waals surface area contributed by atoms with Crippen molar-refractivity contribution < 1.29 is 19.0 Å².